The van der Waals surface area contributed by atoms with Crippen LogP contribution in [0.15, 0.2) is 47.0 Å². The number of aryl methyl sites for hydroxylation is 2. The largest absolute Gasteiger partial charge is 0.368 e. The summed E-state index contributed by atoms with van der Waals surface area (Å²) < 4.78 is 1.61. The van der Waals surface area contributed by atoms with Crippen molar-refractivity contribution >= 4 is 34.8 Å². The van der Waals surface area contributed by atoms with E-state index in [2.05, 4.69) is 32.5 Å². The molecule has 4 N–H and O–H groups in total. The van der Waals surface area contributed by atoms with Crippen LogP contribution in [0.1, 0.15) is 48.8 Å². The van der Waals surface area contributed by atoms with Crippen LogP contribution >= 0.6 is 11.6 Å². The van der Waals surface area contributed by atoms with Gasteiger partial charge < -0.3 is 16.4 Å². The normalized spacial score (nSPS) is 13.6. The number of fused-ring (bicyclic) bond motifs is 2. The fourth-order valence-electron chi connectivity index (χ4n) is 4.49. The van der Waals surface area contributed by atoms with Gasteiger partial charge in [-0.25, -0.2) is 9.97 Å². The van der Waals surface area contributed by atoms with Gasteiger partial charge in [0.15, 0.2) is 0 Å². The van der Waals surface area contributed by atoms with Gasteiger partial charge in [0.2, 0.25) is 5.95 Å². The summed E-state index contributed by atoms with van der Waals surface area (Å²) in [5, 5.41) is 7.08. The van der Waals surface area contributed by atoms with E-state index < -0.39 is 0 Å². The number of rotatable bonds is 5. The number of nitrogen functional groups attached to an aromatic ring is 1. The Hall–Kier alpha value is -3.98. The SMILES string of the molecule is CCC1=CNc2nc(N)nc(NC(C)c3nc4cccc(C)n4c(=O)c3-c3cnc(Cl)c(C)c3)c2C1. The van der Waals surface area contributed by atoms with Gasteiger partial charge in [0.1, 0.15) is 22.4 Å². The van der Waals surface area contributed by atoms with Crippen LogP contribution in [-0.2, 0) is 6.42 Å². The number of anilines is 3. The van der Waals surface area contributed by atoms with Gasteiger partial charge in [-0.15, -0.1) is 0 Å². The van der Waals surface area contributed by atoms with E-state index in [4.69, 9.17) is 22.3 Å². The van der Waals surface area contributed by atoms with Crippen molar-refractivity contribution in [3.63, 3.8) is 0 Å². The van der Waals surface area contributed by atoms with E-state index in [0.29, 0.717) is 45.7 Å². The molecule has 0 spiro atoms. The highest BCUT2D eigenvalue weighted by Gasteiger charge is 2.24. The monoisotopic (exact) mass is 502 g/mol. The van der Waals surface area contributed by atoms with Crippen molar-refractivity contribution in [2.75, 3.05) is 16.4 Å². The fraction of sp³-hybridized carbons (Fsp3) is 0.269. The number of halogens is 1. The summed E-state index contributed by atoms with van der Waals surface area (Å²) in [6.45, 7) is 7.80. The van der Waals surface area contributed by atoms with E-state index in [1.54, 1.807) is 10.6 Å². The van der Waals surface area contributed by atoms with Crippen LogP contribution in [0, 0.1) is 13.8 Å². The molecule has 5 rings (SSSR count). The molecular weight excluding hydrogens is 476 g/mol. The maximum absolute atomic E-state index is 13.9. The zero-order valence-corrected chi connectivity index (χ0v) is 21.3. The van der Waals surface area contributed by atoms with Gasteiger partial charge in [0.05, 0.1) is 17.3 Å². The summed E-state index contributed by atoms with van der Waals surface area (Å²) in [7, 11) is 0. The Bertz CT molecular complexity index is 1590. The zero-order chi connectivity index (χ0) is 25.6. The molecule has 10 heteroatoms. The van der Waals surface area contributed by atoms with Gasteiger partial charge >= 0.3 is 0 Å². The second-order valence-electron chi connectivity index (χ2n) is 8.97. The molecule has 1 aliphatic rings. The summed E-state index contributed by atoms with van der Waals surface area (Å²) in [6, 6.07) is 7.07. The molecule has 4 aromatic heterocycles. The molecule has 0 fully saturated rings. The van der Waals surface area contributed by atoms with Crippen molar-refractivity contribution in [2.24, 2.45) is 0 Å². The predicted molar refractivity (Wildman–Crippen MR) is 143 cm³/mol. The van der Waals surface area contributed by atoms with Gasteiger partial charge in [0, 0.05) is 35.6 Å². The maximum atomic E-state index is 13.9. The van der Waals surface area contributed by atoms with Crippen LogP contribution < -0.4 is 21.9 Å². The number of allylic oxidation sites excluding steroid dienone is 1. The molecule has 4 aromatic rings. The van der Waals surface area contributed by atoms with E-state index in [-0.39, 0.29) is 17.5 Å². The quantitative estimate of drug-likeness (QED) is 0.331. The van der Waals surface area contributed by atoms with Crippen molar-refractivity contribution in [2.45, 2.75) is 46.6 Å². The third-order valence-corrected chi connectivity index (χ3v) is 6.83. The van der Waals surface area contributed by atoms with Gasteiger partial charge in [-0.3, -0.25) is 9.20 Å². The molecule has 0 radical (unpaired) electrons. The summed E-state index contributed by atoms with van der Waals surface area (Å²) in [6.07, 6.45) is 5.18. The number of aromatic nitrogens is 5. The Kier molecular flexibility index (Phi) is 6.09. The lowest BCUT2D eigenvalue weighted by Crippen LogP contribution is -2.25. The third kappa shape index (κ3) is 4.15. The molecule has 0 bridgehead atoms. The molecule has 1 atom stereocenters. The first-order chi connectivity index (χ1) is 17.3. The van der Waals surface area contributed by atoms with Gasteiger partial charge in [-0.2, -0.15) is 9.97 Å². The highest BCUT2D eigenvalue weighted by molar-refractivity contribution is 6.30. The van der Waals surface area contributed by atoms with Crippen molar-refractivity contribution in [3.8, 4) is 11.1 Å². The average molecular weight is 503 g/mol. The minimum atomic E-state index is -0.386. The van der Waals surface area contributed by atoms with E-state index in [1.807, 2.05) is 51.2 Å². The first-order valence-corrected chi connectivity index (χ1v) is 12.2. The lowest BCUT2D eigenvalue weighted by molar-refractivity contribution is 0.814. The number of nitrogens with one attached hydrogen (secondary N) is 2. The Labute approximate surface area is 213 Å². The van der Waals surface area contributed by atoms with Crippen molar-refractivity contribution in [1.29, 1.82) is 0 Å². The van der Waals surface area contributed by atoms with Gasteiger partial charge in [0.25, 0.3) is 5.56 Å². The van der Waals surface area contributed by atoms with Crippen LogP contribution in [-0.4, -0.2) is 24.3 Å². The van der Waals surface area contributed by atoms with Crippen LogP contribution in [0.25, 0.3) is 16.8 Å². The molecule has 5 heterocycles. The smallest absolute Gasteiger partial charge is 0.266 e. The molecule has 0 aliphatic carbocycles. The predicted octanol–water partition coefficient (Wildman–Crippen LogP) is 4.83. The summed E-state index contributed by atoms with van der Waals surface area (Å²) in [5.74, 6) is 1.44. The number of pyridine rings is 2. The zero-order valence-electron chi connectivity index (χ0n) is 20.6. The minimum Gasteiger partial charge on any atom is -0.368 e. The Morgan fingerprint density at radius 3 is 2.81 bits per heavy atom. The molecule has 0 saturated carbocycles. The Balaban J connectivity index is 1.67. The van der Waals surface area contributed by atoms with Crippen LogP contribution in [0.4, 0.5) is 17.6 Å². The van der Waals surface area contributed by atoms with E-state index in [9.17, 15) is 4.79 Å². The molecule has 1 aliphatic heterocycles. The Morgan fingerprint density at radius 1 is 1.25 bits per heavy atom. The second kappa shape index (κ2) is 9.23. The van der Waals surface area contributed by atoms with Crippen LogP contribution in [0.3, 0.4) is 0 Å². The first-order valence-electron chi connectivity index (χ1n) is 11.8. The molecule has 0 amide bonds. The van der Waals surface area contributed by atoms with Crippen molar-refractivity contribution in [1.82, 2.24) is 24.3 Å². The molecule has 0 aromatic carbocycles. The lowest BCUT2D eigenvalue weighted by atomic mass is 10.00. The summed E-state index contributed by atoms with van der Waals surface area (Å²) in [4.78, 5) is 31.9. The number of hydrogen-bond acceptors (Lipinski definition) is 8. The van der Waals surface area contributed by atoms with Crippen molar-refractivity contribution in [3.05, 3.63) is 80.3 Å². The van der Waals surface area contributed by atoms with E-state index in [1.165, 1.54) is 5.57 Å². The molecular formula is C26H27ClN8O. The summed E-state index contributed by atoms with van der Waals surface area (Å²) in [5.41, 5.74) is 11.8. The first kappa shape index (κ1) is 23.7. The Morgan fingerprint density at radius 2 is 2.06 bits per heavy atom. The third-order valence-electron chi connectivity index (χ3n) is 6.43. The summed E-state index contributed by atoms with van der Waals surface area (Å²) >= 11 is 6.18. The highest BCUT2D eigenvalue weighted by atomic mass is 35.5. The van der Waals surface area contributed by atoms with E-state index in [0.717, 1.165) is 23.2 Å². The topological polar surface area (TPSA) is 123 Å². The second-order valence-corrected chi connectivity index (χ2v) is 9.33. The molecule has 0 saturated heterocycles. The molecule has 184 valence electrons. The minimum absolute atomic E-state index is 0.157. The average Bonchev–Trinajstić information content (AvgIpc) is 2.85. The fourth-order valence-corrected chi connectivity index (χ4v) is 4.59. The van der Waals surface area contributed by atoms with Gasteiger partial charge in [-0.05, 0) is 56.5 Å². The van der Waals surface area contributed by atoms with E-state index >= 15 is 0 Å². The molecule has 1 unspecified atom stereocenters. The standard InChI is InChI=1S/C26H27ClN8O/c1-5-16-10-18-23(30-11-16)33-26(28)34-24(18)31-15(4)21-20(17-9-13(2)22(27)29-12-17)25(36)35-14(3)7-6-8-19(35)32-21/h6-9,11-12,15H,5,10H2,1-4H3,(H4,28,30,31,33,34). The highest BCUT2D eigenvalue weighted by Crippen LogP contribution is 2.33. The van der Waals surface area contributed by atoms with Gasteiger partial charge in [-0.1, -0.05) is 24.6 Å². The number of nitrogens with two attached hydrogens (primary N) is 1. The molecule has 36 heavy (non-hydrogen) atoms. The maximum Gasteiger partial charge on any atom is 0.266 e. The number of hydrogen-bond donors (Lipinski definition) is 3. The van der Waals surface area contributed by atoms with Crippen LogP contribution in [0.5, 0.6) is 0 Å². The number of nitrogens with zero attached hydrogens (tertiary/aromatic N) is 5. The lowest BCUT2D eigenvalue weighted by Gasteiger charge is -2.23. The molecule has 9 nitrogen and oxygen atoms in total. The van der Waals surface area contributed by atoms with Crippen molar-refractivity contribution < 1.29 is 0 Å². The van der Waals surface area contributed by atoms with Crippen LogP contribution in [0.2, 0.25) is 5.15 Å².